The van der Waals surface area contributed by atoms with Crippen molar-refractivity contribution in [1.82, 2.24) is 5.32 Å². The Bertz CT molecular complexity index is 936. The minimum atomic E-state index is -0.272. The number of nitrogens with one attached hydrogen (secondary N) is 1. The molecule has 0 unspecified atom stereocenters. The van der Waals surface area contributed by atoms with E-state index in [-0.39, 0.29) is 18.6 Å². The van der Waals surface area contributed by atoms with E-state index in [1.165, 1.54) is 6.21 Å². The molecule has 6 heteroatoms. The minimum Gasteiger partial charge on any atom is -0.497 e. The Kier molecular flexibility index (Phi) is 7.44. The maximum Gasteiger partial charge on any atom is 0.261 e. The van der Waals surface area contributed by atoms with Crippen molar-refractivity contribution in [1.29, 1.82) is 0 Å². The number of nitrogens with zero attached hydrogens (tertiary/aromatic N) is 1. The lowest BCUT2D eigenvalue weighted by molar-refractivity contribution is -0.126. The molecular weight excluding hydrogens is 380 g/mol. The van der Waals surface area contributed by atoms with Gasteiger partial charge in [-0.2, -0.15) is 0 Å². The van der Waals surface area contributed by atoms with Gasteiger partial charge in [0.05, 0.1) is 26.5 Å². The van der Waals surface area contributed by atoms with Crippen LogP contribution in [0.3, 0.4) is 0 Å². The fourth-order valence-corrected chi connectivity index (χ4v) is 2.97. The van der Waals surface area contributed by atoms with Gasteiger partial charge < -0.3 is 19.6 Å². The van der Waals surface area contributed by atoms with Gasteiger partial charge in [0, 0.05) is 11.6 Å². The predicted molar refractivity (Wildman–Crippen MR) is 116 cm³/mol. The second-order valence-electron chi connectivity index (χ2n) is 6.44. The molecule has 6 nitrogen and oxygen atoms in total. The van der Waals surface area contributed by atoms with Crippen LogP contribution in [0.15, 0.2) is 84.0 Å². The van der Waals surface area contributed by atoms with Gasteiger partial charge >= 0.3 is 0 Å². The second-order valence-corrected chi connectivity index (χ2v) is 6.44. The van der Waals surface area contributed by atoms with Crippen LogP contribution < -0.4 is 14.8 Å². The SMILES string of the molecule is COc1ccc(/C=N\OCC(=O)NC(c2ccccc2)c2ccccc2)c(OC)c1. The molecule has 0 radical (unpaired) electrons. The topological polar surface area (TPSA) is 69.2 Å². The van der Waals surface area contributed by atoms with Gasteiger partial charge in [-0.1, -0.05) is 65.8 Å². The Morgan fingerprint density at radius 2 is 1.57 bits per heavy atom. The zero-order chi connectivity index (χ0) is 21.2. The summed E-state index contributed by atoms with van der Waals surface area (Å²) in [4.78, 5) is 17.7. The first-order chi connectivity index (χ1) is 14.7. The summed E-state index contributed by atoms with van der Waals surface area (Å²) in [7, 11) is 3.15. The summed E-state index contributed by atoms with van der Waals surface area (Å²) in [5.41, 5.74) is 2.69. The van der Waals surface area contributed by atoms with Gasteiger partial charge in [-0.05, 0) is 23.3 Å². The number of rotatable bonds is 9. The molecule has 0 aliphatic heterocycles. The molecule has 0 heterocycles. The quantitative estimate of drug-likeness (QED) is 0.433. The molecule has 0 spiro atoms. The summed E-state index contributed by atoms with van der Waals surface area (Å²) in [5.74, 6) is 1.00. The van der Waals surface area contributed by atoms with Crippen molar-refractivity contribution in [3.05, 3.63) is 95.6 Å². The Morgan fingerprint density at radius 3 is 2.13 bits per heavy atom. The molecule has 0 aliphatic rings. The highest BCUT2D eigenvalue weighted by atomic mass is 16.6. The molecule has 0 bridgehead atoms. The van der Waals surface area contributed by atoms with Crippen LogP contribution in [0.4, 0.5) is 0 Å². The molecule has 0 aliphatic carbocycles. The number of amides is 1. The van der Waals surface area contributed by atoms with Crippen LogP contribution in [0.2, 0.25) is 0 Å². The van der Waals surface area contributed by atoms with Gasteiger partial charge in [-0.15, -0.1) is 0 Å². The summed E-state index contributed by atoms with van der Waals surface area (Å²) >= 11 is 0. The highest BCUT2D eigenvalue weighted by Crippen LogP contribution is 2.23. The predicted octanol–water partition coefficient (Wildman–Crippen LogP) is 3.96. The fourth-order valence-electron chi connectivity index (χ4n) is 2.97. The van der Waals surface area contributed by atoms with Crippen molar-refractivity contribution in [3.63, 3.8) is 0 Å². The maximum atomic E-state index is 12.5. The van der Waals surface area contributed by atoms with Crippen molar-refractivity contribution in [2.75, 3.05) is 20.8 Å². The summed E-state index contributed by atoms with van der Waals surface area (Å²) in [6, 6.07) is 24.7. The average molecular weight is 404 g/mol. The molecule has 3 aromatic rings. The molecule has 0 saturated carbocycles. The van der Waals surface area contributed by atoms with Crippen LogP contribution in [0, 0.1) is 0 Å². The largest absolute Gasteiger partial charge is 0.497 e. The van der Waals surface area contributed by atoms with E-state index in [2.05, 4.69) is 10.5 Å². The number of ether oxygens (including phenoxy) is 2. The number of oxime groups is 1. The zero-order valence-corrected chi connectivity index (χ0v) is 16.9. The van der Waals surface area contributed by atoms with Gasteiger partial charge in [0.25, 0.3) is 5.91 Å². The summed E-state index contributed by atoms with van der Waals surface area (Å²) < 4.78 is 10.5. The Morgan fingerprint density at radius 1 is 0.933 bits per heavy atom. The van der Waals surface area contributed by atoms with Gasteiger partial charge in [0.1, 0.15) is 11.5 Å². The molecule has 154 valence electrons. The highest BCUT2D eigenvalue weighted by Gasteiger charge is 2.16. The number of carbonyl (C=O) groups excluding carboxylic acids is 1. The van der Waals surface area contributed by atoms with Gasteiger partial charge in [0.15, 0.2) is 6.61 Å². The maximum absolute atomic E-state index is 12.5. The van der Waals surface area contributed by atoms with Crippen LogP contribution in [0.5, 0.6) is 11.5 Å². The Balaban J connectivity index is 1.62. The highest BCUT2D eigenvalue weighted by molar-refractivity contribution is 5.83. The van der Waals surface area contributed by atoms with E-state index in [4.69, 9.17) is 14.3 Å². The Hall–Kier alpha value is -3.80. The Labute approximate surface area is 176 Å². The van der Waals surface area contributed by atoms with Crippen molar-refractivity contribution in [2.24, 2.45) is 5.16 Å². The molecule has 0 fully saturated rings. The van der Waals surface area contributed by atoms with Crippen LogP contribution in [-0.2, 0) is 9.63 Å². The average Bonchev–Trinajstić information content (AvgIpc) is 2.81. The van der Waals surface area contributed by atoms with E-state index in [0.717, 1.165) is 11.1 Å². The third-order valence-corrected chi connectivity index (χ3v) is 4.47. The lowest BCUT2D eigenvalue weighted by atomic mass is 9.99. The third-order valence-electron chi connectivity index (χ3n) is 4.47. The van der Waals surface area contributed by atoms with Crippen LogP contribution in [0.1, 0.15) is 22.7 Å². The lowest BCUT2D eigenvalue weighted by Gasteiger charge is -2.19. The van der Waals surface area contributed by atoms with E-state index in [1.54, 1.807) is 32.4 Å². The smallest absolute Gasteiger partial charge is 0.261 e. The number of methoxy groups -OCH3 is 2. The molecule has 0 saturated heterocycles. The van der Waals surface area contributed by atoms with Gasteiger partial charge in [-0.25, -0.2) is 0 Å². The monoisotopic (exact) mass is 404 g/mol. The molecular formula is C24H24N2O4. The van der Waals surface area contributed by atoms with Gasteiger partial charge in [-0.3, -0.25) is 4.79 Å². The molecule has 1 N–H and O–H groups in total. The molecule has 30 heavy (non-hydrogen) atoms. The normalized spacial score (nSPS) is 10.8. The lowest BCUT2D eigenvalue weighted by Crippen LogP contribution is -2.31. The molecule has 0 atom stereocenters. The number of hydrogen-bond donors (Lipinski definition) is 1. The van der Waals surface area contributed by atoms with Crippen molar-refractivity contribution in [3.8, 4) is 11.5 Å². The van der Waals surface area contributed by atoms with Crippen LogP contribution in [-0.4, -0.2) is 32.9 Å². The number of carbonyl (C=O) groups is 1. The fraction of sp³-hybridized carbons (Fsp3) is 0.167. The summed E-state index contributed by atoms with van der Waals surface area (Å²) in [6.07, 6.45) is 1.50. The zero-order valence-electron chi connectivity index (χ0n) is 16.9. The molecule has 3 rings (SSSR count). The van der Waals surface area contributed by atoms with Crippen LogP contribution >= 0.6 is 0 Å². The minimum absolute atomic E-state index is 0.203. The first-order valence-corrected chi connectivity index (χ1v) is 9.48. The first kappa shape index (κ1) is 20.9. The van der Waals surface area contributed by atoms with Gasteiger partial charge in [0.2, 0.25) is 0 Å². The van der Waals surface area contributed by atoms with E-state index >= 15 is 0 Å². The first-order valence-electron chi connectivity index (χ1n) is 9.48. The van der Waals surface area contributed by atoms with E-state index in [1.807, 2.05) is 60.7 Å². The van der Waals surface area contributed by atoms with E-state index in [0.29, 0.717) is 17.1 Å². The standard InChI is InChI=1S/C24H24N2O4/c1-28-21-14-13-20(22(15-21)29-2)16-25-30-17-23(27)26-24(18-9-5-3-6-10-18)19-11-7-4-8-12-19/h3-16,24H,17H2,1-2H3,(H,26,27)/b25-16-. The second kappa shape index (κ2) is 10.7. The van der Waals surface area contributed by atoms with Crippen molar-refractivity contribution < 1.29 is 19.1 Å². The molecule has 1 amide bonds. The molecule has 0 aromatic heterocycles. The molecule has 3 aromatic carbocycles. The number of hydrogen-bond acceptors (Lipinski definition) is 5. The van der Waals surface area contributed by atoms with E-state index < -0.39 is 0 Å². The van der Waals surface area contributed by atoms with Crippen molar-refractivity contribution in [2.45, 2.75) is 6.04 Å². The van der Waals surface area contributed by atoms with Crippen LogP contribution in [0.25, 0.3) is 0 Å². The summed E-state index contributed by atoms with van der Waals surface area (Å²) in [5, 5.41) is 6.90. The van der Waals surface area contributed by atoms with Crippen molar-refractivity contribution >= 4 is 12.1 Å². The van der Waals surface area contributed by atoms with E-state index in [9.17, 15) is 4.79 Å². The number of benzene rings is 3. The third kappa shape index (κ3) is 5.61. The summed E-state index contributed by atoms with van der Waals surface area (Å²) in [6.45, 7) is -0.203.